The van der Waals surface area contributed by atoms with Crippen LogP contribution in [0.15, 0.2) is 18.2 Å². The number of fused-ring (bicyclic) bond motifs is 1. The van der Waals surface area contributed by atoms with E-state index in [1.54, 1.807) is 4.90 Å². The van der Waals surface area contributed by atoms with Crippen LogP contribution in [0.2, 0.25) is 0 Å². The molecule has 0 aliphatic carbocycles. The van der Waals surface area contributed by atoms with E-state index < -0.39 is 6.04 Å². The van der Waals surface area contributed by atoms with Crippen LogP contribution in [0.1, 0.15) is 67.4 Å². The number of hydrogen-bond donors (Lipinski definition) is 3. The van der Waals surface area contributed by atoms with Gasteiger partial charge in [0.05, 0.1) is 0 Å². The molecule has 1 atom stereocenters. The largest absolute Gasteiger partial charge is 0.330 e. The van der Waals surface area contributed by atoms with Crippen LogP contribution in [0, 0.1) is 0 Å². The molecule has 2 heterocycles. The average Bonchev–Trinajstić information content (AvgIpc) is 3.02. The summed E-state index contributed by atoms with van der Waals surface area (Å²) in [5, 5.41) is 6.02. The van der Waals surface area contributed by atoms with Gasteiger partial charge in [0.15, 0.2) is 0 Å². The van der Waals surface area contributed by atoms with Crippen molar-refractivity contribution in [2.45, 2.75) is 70.6 Å². The normalized spacial score (nSPS) is 19.8. The molecule has 3 amide bonds. The van der Waals surface area contributed by atoms with Crippen LogP contribution in [0.5, 0.6) is 0 Å². The van der Waals surface area contributed by atoms with E-state index in [9.17, 15) is 14.4 Å². The highest BCUT2D eigenvalue weighted by atomic mass is 16.2. The molecule has 0 aromatic heterocycles. The summed E-state index contributed by atoms with van der Waals surface area (Å²) in [5.74, 6) is -0.785. The predicted molar refractivity (Wildman–Crippen MR) is 106 cm³/mol. The molecule has 28 heavy (non-hydrogen) atoms. The summed E-state index contributed by atoms with van der Waals surface area (Å²) in [7, 11) is 0. The van der Waals surface area contributed by atoms with E-state index in [0.29, 0.717) is 31.6 Å². The Bertz CT molecular complexity index is 773. The molecular formula is C21H30N4O3. The van der Waals surface area contributed by atoms with Gasteiger partial charge < -0.3 is 16.0 Å². The Kier molecular flexibility index (Phi) is 6.15. The monoisotopic (exact) mass is 386 g/mol. The van der Waals surface area contributed by atoms with E-state index in [1.165, 1.54) is 0 Å². The number of nitrogens with two attached hydrogens (primary N) is 1. The van der Waals surface area contributed by atoms with E-state index in [1.807, 2.05) is 18.2 Å². The SMILES string of the molecule is CCC(CC)(CCN)NCc1cccc2c1CN(C1CCC(=O)NC1=O)C2=O. The molecule has 152 valence electrons. The number of amides is 3. The Morgan fingerprint density at radius 2 is 2.00 bits per heavy atom. The van der Waals surface area contributed by atoms with Crippen molar-refractivity contribution in [1.29, 1.82) is 0 Å². The zero-order valence-electron chi connectivity index (χ0n) is 16.7. The van der Waals surface area contributed by atoms with Crippen LogP contribution in [0.4, 0.5) is 0 Å². The fourth-order valence-electron chi connectivity index (χ4n) is 4.32. The highest BCUT2D eigenvalue weighted by Gasteiger charge is 2.39. The van der Waals surface area contributed by atoms with E-state index in [4.69, 9.17) is 5.73 Å². The summed E-state index contributed by atoms with van der Waals surface area (Å²) in [4.78, 5) is 38.2. The number of nitrogens with zero attached hydrogens (tertiary/aromatic N) is 1. The van der Waals surface area contributed by atoms with Crippen LogP contribution in [0.3, 0.4) is 0 Å². The summed E-state index contributed by atoms with van der Waals surface area (Å²) in [6.45, 7) is 6.01. The summed E-state index contributed by atoms with van der Waals surface area (Å²) < 4.78 is 0. The molecule has 0 spiro atoms. The van der Waals surface area contributed by atoms with Crippen LogP contribution in [-0.2, 0) is 22.7 Å². The van der Waals surface area contributed by atoms with Gasteiger partial charge in [-0.1, -0.05) is 26.0 Å². The first kappa shape index (κ1) is 20.5. The quantitative estimate of drug-likeness (QED) is 0.587. The van der Waals surface area contributed by atoms with E-state index >= 15 is 0 Å². The first-order valence-corrected chi connectivity index (χ1v) is 10.1. The third-order valence-corrected chi connectivity index (χ3v) is 6.31. The van der Waals surface area contributed by atoms with Gasteiger partial charge >= 0.3 is 0 Å². The fourth-order valence-corrected chi connectivity index (χ4v) is 4.32. The molecule has 2 aliphatic rings. The molecule has 3 rings (SSSR count). The summed E-state index contributed by atoms with van der Waals surface area (Å²) >= 11 is 0. The van der Waals surface area contributed by atoms with Crippen LogP contribution in [-0.4, -0.2) is 40.7 Å². The molecule has 1 aromatic rings. The van der Waals surface area contributed by atoms with Crippen molar-refractivity contribution in [3.63, 3.8) is 0 Å². The summed E-state index contributed by atoms with van der Waals surface area (Å²) in [6, 6.07) is 5.16. The fraction of sp³-hybridized carbons (Fsp3) is 0.571. The molecule has 0 radical (unpaired) electrons. The van der Waals surface area contributed by atoms with Gasteiger partial charge in [-0.3, -0.25) is 19.7 Å². The molecule has 1 aromatic carbocycles. The maximum Gasteiger partial charge on any atom is 0.255 e. The lowest BCUT2D eigenvalue weighted by molar-refractivity contribution is -0.136. The number of rotatable bonds is 8. The Morgan fingerprint density at radius 3 is 2.64 bits per heavy atom. The number of benzene rings is 1. The zero-order valence-corrected chi connectivity index (χ0v) is 16.7. The van der Waals surface area contributed by atoms with Crippen molar-refractivity contribution in [3.8, 4) is 0 Å². The smallest absolute Gasteiger partial charge is 0.255 e. The van der Waals surface area contributed by atoms with Gasteiger partial charge in [-0.05, 0) is 49.4 Å². The third-order valence-electron chi connectivity index (χ3n) is 6.31. The third kappa shape index (κ3) is 3.82. The molecule has 7 nitrogen and oxygen atoms in total. The Labute approximate surface area is 166 Å². The topological polar surface area (TPSA) is 105 Å². The second-order valence-electron chi connectivity index (χ2n) is 7.72. The lowest BCUT2D eigenvalue weighted by Crippen LogP contribution is -2.52. The van der Waals surface area contributed by atoms with E-state index in [2.05, 4.69) is 24.5 Å². The minimum absolute atomic E-state index is 0.0105. The molecule has 1 fully saturated rings. The Hall–Kier alpha value is -2.25. The molecule has 0 bridgehead atoms. The molecule has 1 unspecified atom stereocenters. The molecule has 7 heteroatoms. The maximum atomic E-state index is 12.9. The molecular weight excluding hydrogens is 356 g/mol. The van der Waals surface area contributed by atoms with Gasteiger partial charge in [0.2, 0.25) is 11.8 Å². The minimum Gasteiger partial charge on any atom is -0.330 e. The zero-order chi connectivity index (χ0) is 20.3. The lowest BCUT2D eigenvalue weighted by Gasteiger charge is -2.33. The van der Waals surface area contributed by atoms with Crippen LogP contribution < -0.4 is 16.4 Å². The highest BCUT2D eigenvalue weighted by Crippen LogP contribution is 2.30. The van der Waals surface area contributed by atoms with Gasteiger partial charge in [0, 0.05) is 30.6 Å². The van der Waals surface area contributed by atoms with Gasteiger partial charge in [0.25, 0.3) is 5.91 Å². The van der Waals surface area contributed by atoms with Crippen molar-refractivity contribution in [2.75, 3.05) is 6.54 Å². The summed E-state index contributed by atoms with van der Waals surface area (Å²) in [6.07, 6.45) is 3.51. The lowest BCUT2D eigenvalue weighted by atomic mass is 9.88. The standard InChI is InChI=1S/C21H30N4O3/c1-3-21(4-2,10-11-22)23-12-14-6-5-7-15-16(14)13-25(20(15)28)17-8-9-18(26)24-19(17)27/h5-7,17,23H,3-4,8-13,22H2,1-2H3,(H,24,26,27). The van der Waals surface area contributed by atoms with Crippen LogP contribution >= 0.6 is 0 Å². The molecule has 1 saturated heterocycles. The van der Waals surface area contributed by atoms with Crippen molar-refractivity contribution in [1.82, 2.24) is 15.5 Å². The van der Waals surface area contributed by atoms with Crippen molar-refractivity contribution >= 4 is 17.7 Å². The molecule has 2 aliphatic heterocycles. The molecule has 0 saturated carbocycles. The first-order chi connectivity index (χ1) is 13.4. The number of carbonyl (C=O) groups is 3. The van der Waals surface area contributed by atoms with Crippen LogP contribution in [0.25, 0.3) is 0 Å². The van der Waals surface area contributed by atoms with Crippen molar-refractivity contribution in [3.05, 3.63) is 34.9 Å². The van der Waals surface area contributed by atoms with Crippen molar-refractivity contribution in [2.24, 2.45) is 5.73 Å². The predicted octanol–water partition coefficient (Wildman–Crippen LogP) is 1.44. The highest BCUT2D eigenvalue weighted by molar-refractivity contribution is 6.05. The number of piperidine rings is 1. The maximum absolute atomic E-state index is 12.9. The van der Waals surface area contributed by atoms with Crippen molar-refractivity contribution < 1.29 is 14.4 Å². The van der Waals surface area contributed by atoms with E-state index in [0.717, 1.165) is 30.4 Å². The second kappa shape index (κ2) is 8.41. The number of carbonyl (C=O) groups excluding carboxylic acids is 3. The van der Waals surface area contributed by atoms with Gasteiger partial charge in [-0.25, -0.2) is 0 Å². The van der Waals surface area contributed by atoms with E-state index in [-0.39, 0.29) is 29.7 Å². The Morgan fingerprint density at radius 1 is 1.25 bits per heavy atom. The van der Waals surface area contributed by atoms with Gasteiger partial charge in [-0.2, -0.15) is 0 Å². The number of imide groups is 1. The summed E-state index contributed by atoms with van der Waals surface area (Å²) in [5.41, 5.74) is 8.50. The average molecular weight is 386 g/mol. The van der Waals surface area contributed by atoms with Gasteiger partial charge in [-0.15, -0.1) is 0 Å². The first-order valence-electron chi connectivity index (χ1n) is 10.1. The number of hydrogen-bond acceptors (Lipinski definition) is 5. The molecule has 4 N–H and O–H groups in total. The minimum atomic E-state index is -0.582. The Balaban J connectivity index is 1.78. The second-order valence-corrected chi connectivity index (χ2v) is 7.72. The number of nitrogens with one attached hydrogen (secondary N) is 2. The van der Waals surface area contributed by atoms with Gasteiger partial charge in [0.1, 0.15) is 6.04 Å².